The van der Waals surface area contributed by atoms with Crippen LogP contribution in [0.1, 0.15) is 44.6 Å². The highest BCUT2D eigenvalue weighted by molar-refractivity contribution is 5.82. The van der Waals surface area contributed by atoms with Crippen molar-refractivity contribution in [3.8, 4) is 11.4 Å². The van der Waals surface area contributed by atoms with E-state index in [1.165, 1.54) is 5.56 Å². The van der Waals surface area contributed by atoms with Gasteiger partial charge in [-0.1, -0.05) is 0 Å². The molecule has 1 amide bonds. The lowest BCUT2D eigenvalue weighted by Gasteiger charge is -2.15. The van der Waals surface area contributed by atoms with Gasteiger partial charge in [-0.2, -0.15) is 5.10 Å². The Morgan fingerprint density at radius 1 is 1.37 bits per heavy atom. The van der Waals surface area contributed by atoms with Gasteiger partial charge in [-0.15, -0.1) is 0 Å². The number of carbonyl (C=O) groups is 1. The average Bonchev–Trinajstić information content (AvgIpc) is 3.31. The van der Waals surface area contributed by atoms with E-state index >= 15 is 0 Å². The van der Waals surface area contributed by atoms with Crippen LogP contribution in [0.4, 0.5) is 4.79 Å². The van der Waals surface area contributed by atoms with Gasteiger partial charge in [0.2, 0.25) is 0 Å². The lowest BCUT2D eigenvalue weighted by Crippen LogP contribution is -2.33. The third kappa shape index (κ3) is 3.67. The first-order chi connectivity index (χ1) is 13.0. The normalized spacial score (nSPS) is 19.7. The van der Waals surface area contributed by atoms with Crippen molar-refractivity contribution in [2.24, 2.45) is 7.05 Å². The number of amides is 1. The second-order valence-electron chi connectivity index (χ2n) is 7.57. The van der Waals surface area contributed by atoms with Gasteiger partial charge >= 0.3 is 6.09 Å². The van der Waals surface area contributed by atoms with Crippen molar-refractivity contribution in [3.05, 3.63) is 36.2 Å². The minimum atomic E-state index is -0.323. The summed E-state index contributed by atoms with van der Waals surface area (Å²) < 4.78 is 7.38. The summed E-state index contributed by atoms with van der Waals surface area (Å²) in [5, 5.41) is 8.10. The van der Waals surface area contributed by atoms with E-state index in [2.05, 4.69) is 32.5 Å². The molecule has 3 aromatic heterocycles. The molecule has 1 aliphatic rings. The molecule has 3 heterocycles. The van der Waals surface area contributed by atoms with Gasteiger partial charge in [-0.05, 0) is 62.8 Å². The Labute approximate surface area is 158 Å². The third-order valence-corrected chi connectivity index (χ3v) is 5.12. The van der Waals surface area contributed by atoms with E-state index in [0.29, 0.717) is 5.92 Å². The van der Waals surface area contributed by atoms with Gasteiger partial charge in [0.05, 0.1) is 11.4 Å². The number of nitrogens with zero attached hydrogens (tertiary/aromatic N) is 3. The molecule has 0 radical (unpaired) electrons. The number of ether oxygens (including phenoxy) is 1. The fourth-order valence-corrected chi connectivity index (χ4v) is 3.80. The van der Waals surface area contributed by atoms with E-state index in [-0.39, 0.29) is 18.2 Å². The zero-order chi connectivity index (χ0) is 19.0. The molecule has 0 unspecified atom stereocenters. The van der Waals surface area contributed by atoms with Gasteiger partial charge in [-0.25, -0.2) is 9.78 Å². The minimum Gasteiger partial charge on any atom is -0.446 e. The molecule has 142 valence electrons. The fourth-order valence-electron chi connectivity index (χ4n) is 3.80. The molecule has 7 nitrogen and oxygen atoms in total. The minimum absolute atomic E-state index is 0.0272. The quantitative estimate of drug-likeness (QED) is 0.736. The predicted octanol–water partition coefficient (Wildman–Crippen LogP) is 3.73. The molecule has 0 spiro atoms. The van der Waals surface area contributed by atoms with Gasteiger partial charge in [0.1, 0.15) is 11.8 Å². The molecule has 0 aliphatic heterocycles. The van der Waals surface area contributed by atoms with E-state index < -0.39 is 0 Å². The highest BCUT2D eigenvalue weighted by Crippen LogP contribution is 2.37. The number of rotatable bonds is 4. The van der Waals surface area contributed by atoms with E-state index in [0.717, 1.165) is 41.7 Å². The van der Waals surface area contributed by atoms with Gasteiger partial charge < -0.3 is 15.0 Å². The number of H-pyrrole nitrogens is 1. The lowest BCUT2D eigenvalue weighted by atomic mass is 9.98. The number of aryl methyl sites for hydroxylation is 1. The lowest BCUT2D eigenvalue weighted by molar-refractivity contribution is 0.0982. The third-order valence-electron chi connectivity index (χ3n) is 5.12. The van der Waals surface area contributed by atoms with Gasteiger partial charge in [-0.3, -0.25) is 4.68 Å². The van der Waals surface area contributed by atoms with Gasteiger partial charge in [0.25, 0.3) is 0 Å². The molecule has 1 fully saturated rings. The SMILES string of the molecule is CC(C)NC(=O)O[C@@H]1CC[C@H](c2cnc3[nH]c(-c4ccnn4C)cc3c2)C1. The summed E-state index contributed by atoms with van der Waals surface area (Å²) in [4.78, 5) is 19.8. The van der Waals surface area contributed by atoms with Crippen LogP contribution >= 0.6 is 0 Å². The Bertz CT molecular complexity index is 958. The highest BCUT2D eigenvalue weighted by Gasteiger charge is 2.29. The molecule has 0 saturated heterocycles. The number of aromatic nitrogens is 4. The van der Waals surface area contributed by atoms with Crippen LogP contribution in [-0.2, 0) is 11.8 Å². The van der Waals surface area contributed by atoms with Crippen LogP contribution < -0.4 is 5.32 Å². The molecule has 27 heavy (non-hydrogen) atoms. The van der Waals surface area contributed by atoms with Crippen molar-refractivity contribution < 1.29 is 9.53 Å². The number of fused-ring (bicyclic) bond motifs is 1. The number of hydrogen-bond donors (Lipinski definition) is 2. The average molecular weight is 367 g/mol. The van der Waals surface area contributed by atoms with E-state index in [1.54, 1.807) is 6.20 Å². The van der Waals surface area contributed by atoms with Gasteiger partial charge in [0.15, 0.2) is 0 Å². The number of hydrogen-bond acceptors (Lipinski definition) is 4. The number of nitrogens with one attached hydrogen (secondary N) is 2. The molecule has 7 heteroatoms. The smallest absolute Gasteiger partial charge is 0.407 e. The van der Waals surface area contributed by atoms with Gasteiger partial charge in [0, 0.05) is 30.9 Å². The number of aromatic amines is 1. The first kappa shape index (κ1) is 17.6. The maximum atomic E-state index is 11.8. The molecule has 3 aromatic rings. The molecule has 0 aromatic carbocycles. The van der Waals surface area contributed by atoms with Crippen LogP contribution in [0.15, 0.2) is 30.6 Å². The zero-order valence-corrected chi connectivity index (χ0v) is 15.9. The Balaban J connectivity index is 1.48. The summed E-state index contributed by atoms with van der Waals surface area (Å²) in [5.74, 6) is 0.369. The zero-order valence-electron chi connectivity index (χ0n) is 15.9. The van der Waals surface area contributed by atoms with Crippen molar-refractivity contribution in [2.45, 2.75) is 51.2 Å². The van der Waals surface area contributed by atoms with Crippen molar-refractivity contribution >= 4 is 17.1 Å². The second-order valence-corrected chi connectivity index (χ2v) is 7.57. The van der Waals surface area contributed by atoms with Crippen LogP contribution in [0.25, 0.3) is 22.4 Å². The summed E-state index contributed by atoms with van der Waals surface area (Å²) in [5.41, 5.74) is 4.11. The Kier molecular flexibility index (Phi) is 4.59. The summed E-state index contributed by atoms with van der Waals surface area (Å²) in [7, 11) is 1.92. The van der Waals surface area contributed by atoms with Crippen LogP contribution in [0.2, 0.25) is 0 Å². The summed E-state index contributed by atoms with van der Waals surface area (Å²) >= 11 is 0. The molecule has 1 aliphatic carbocycles. The predicted molar refractivity (Wildman–Crippen MR) is 103 cm³/mol. The Morgan fingerprint density at radius 2 is 2.22 bits per heavy atom. The largest absolute Gasteiger partial charge is 0.446 e. The Hall–Kier alpha value is -2.83. The molecule has 1 saturated carbocycles. The van der Waals surface area contributed by atoms with Crippen LogP contribution in [0.5, 0.6) is 0 Å². The Morgan fingerprint density at radius 3 is 2.96 bits per heavy atom. The molecule has 0 bridgehead atoms. The van der Waals surface area contributed by atoms with Crippen LogP contribution in [-0.4, -0.2) is 38.0 Å². The molecular formula is C20H25N5O2. The topological polar surface area (TPSA) is 84.8 Å². The van der Waals surface area contributed by atoms with Crippen LogP contribution in [0.3, 0.4) is 0 Å². The standard InChI is InChI=1S/C20H25N5O2/c1-12(2)23-20(26)27-16-5-4-13(9-16)15-8-14-10-17(24-19(14)21-11-15)18-6-7-22-25(18)3/h6-8,10-13,16H,4-5,9H2,1-3H3,(H,21,24)(H,23,26)/t13-,16+/m0/s1. The second kappa shape index (κ2) is 7.06. The van der Waals surface area contributed by atoms with Crippen molar-refractivity contribution in [1.29, 1.82) is 0 Å². The summed E-state index contributed by atoms with van der Waals surface area (Å²) in [6, 6.07) is 6.37. The monoisotopic (exact) mass is 367 g/mol. The summed E-state index contributed by atoms with van der Waals surface area (Å²) in [6.07, 6.45) is 6.11. The van der Waals surface area contributed by atoms with Crippen molar-refractivity contribution in [3.63, 3.8) is 0 Å². The number of carbonyl (C=O) groups excluding carboxylic acids is 1. The maximum Gasteiger partial charge on any atom is 0.407 e. The molecule has 2 N–H and O–H groups in total. The van der Waals surface area contributed by atoms with Crippen LogP contribution in [0, 0.1) is 0 Å². The highest BCUT2D eigenvalue weighted by atomic mass is 16.6. The molecule has 2 atom stereocenters. The molecular weight excluding hydrogens is 342 g/mol. The van der Waals surface area contributed by atoms with Crippen molar-refractivity contribution in [2.75, 3.05) is 0 Å². The van der Waals surface area contributed by atoms with E-state index in [4.69, 9.17) is 4.74 Å². The number of pyridine rings is 1. The first-order valence-electron chi connectivity index (χ1n) is 9.44. The number of alkyl carbamates (subject to hydrolysis) is 1. The first-order valence-corrected chi connectivity index (χ1v) is 9.44. The summed E-state index contributed by atoms with van der Waals surface area (Å²) in [6.45, 7) is 3.85. The van der Waals surface area contributed by atoms with E-state index in [9.17, 15) is 4.79 Å². The fraction of sp³-hybridized carbons (Fsp3) is 0.450. The van der Waals surface area contributed by atoms with Crippen molar-refractivity contribution in [1.82, 2.24) is 25.1 Å². The molecule has 4 rings (SSSR count). The van der Waals surface area contributed by atoms with E-state index in [1.807, 2.05) is 37.8 Å². The maximum absolute atomic E-state index is 11.8.